The van der Waals surface area contributed by atoms with Gasteiger partial charge in [-0.2, -0.15) is 0 Å². The molecule has 0 aromatic heterocycles. The zero-order valence-electron chi connectivity index (χ0n) is 23.8. The molecule has 3 atom stereocenters. The molecule has 0 saturated heterocycles. The summed E-state index contributed by atoms with van der Waals surface area (Å²) < 4.78 is 16.6. The Morgan fingerprint density at radius 1 is 0.865 bits per heavy atom. The molecule has 0 aliphatic heterocycles. The minimum atomic E-state index is -1.35. The van der Waals surface area contributed by atoms with Gasteiger partial charge in [0.1, 0.15) is 6.04 Å². The van der Waals surface area contributed by atoms with E-state index >= 15 is 0 Å². The van der Waals surface area contributed by atoms with Crippen LogP contribution in [-0.2, 0) is 23.9 Å². The van der Waals surface area contributed by atoms with Crippen LogP contribution in [0.5, 0.6) is 11.5 Å². The lowest BCUT2D eigenvalue weighted by Gasteiger charge is -2.29. The van der Waals surface area contributed by atoms with Gasteiger partial charge < -0.3 is 25.1 Å². The first kappa shape index (κ1) is 32.1. The van der Waals surface area contributed by atoms with Crippen LogP contribution < -0.4 is 15.2 Å². The monoisotopic (exact) mass is 521 g/mol. The average molecular weight is 522 g/mol. The van der Waals surface area contributed by atoms with Gasteiger partial charge in [-0.1, -0.05) is 19.9 Å². The second-order valence-corrected chi connectivity index (χ2v) is 12.2. The van der Waals surface area contributed by atoms with Crippen molar-refractivity contribution in [1.29, 1.82) is 0 Å². The van der Waals surface area contributed by atoms with Crippen LogP contribution in [0.4, 0.5) is 0 Å². The quantitative estimate of drug-likeness (QED) is 0.331. The number of carboxylic acid groups (broad SMARTS) is 1. The van der Waals surface area contributed by atoms with Gasteiger partial charge >= 0.3 is 23.9 Å². The van der Waals surface area contributed by atoms with Gasteiger partial charge in [0.2, 0.25) is 0 Å². The molecule has 2 unspecified atom stereocenters. The molecule has 0 bridgehead atoms. The van der Waals surface area contributed by atoms with E-state index in [1.54, 1.807) is 68.4 Å². The first-order chi connectivity index (χ1) is 16.7. The third-order valence-corrected chi connectivity index (χ3v) is 6.18. The highest BCUT2D eigenvalue weighted by atomic mass is 16.6. The summed E-state index contributed by atoms with van der Waals surface area (Å²) in [5.41, 5.74) is 4.15. The van der Waals surface area contributed by atoms with E-state index in [-0.39, 0.29) is 18.1 Å². The fourth-order valence-corrected chi connectivity index (χ4v) is 3.10. The Balaban J connectivity index is 3.49. The molecule has 0 saturated carbocycles. The van der Waals surface area contributed by atoms with E-state index < -0.39 is 58.0 Å². The Morgan fingerprint density at radius 2 is 1.35 bits per heavy atom. The first-order valence-electron chi connectivity index (χ1n) is 12.5. The number of benzene rings is 1. The molecule has 0 radical (unpaired) electrons. The number of carbonyl (C=O) groups is 4. The Morgan fingerprint density at radius 3 is 1.78 bits per heavy atom. The predicted octanol–water partition coefficient (Wildman–Crippen LogP) is 4.70. The van der Waals surface area contributed by atoms with Crippen LogP contribution in [0, 0.1) is 22.2 Å². The number of rotatable bonds is 10. The number of hydrogen-bond donors (Lipinski definition) is 2. The van der Waals surface area contributed by atoms with Gasteiger partial charge in [-0.3, -0.25) is 19.2 Å². The molecule has 9 nitrogen and oxygen atoms in total. The maximum atomic E-state index is 12.7. The molecular weight excluding hydrogens is 478 g/mol. The fourth-order valence-electron chi connectivity index (χ4n) is 3.10. The van der Waals surface area contributed by atoms with Gasteiger partial charge in [-0.25, -0.2) is 0 Å². The van der Waals surface area contributed by atoms with Crippen LogP contribution in [0.25, 0.3) is 0 Å². The second kappa shape index (κ2) is 12.1. The van der Waals surface area contributed by atoms with E-state index in [0.717, 1.165) is 0 Å². The van der Waals surface area contributed by atoms with Crippen molar-refractivity contribution in [3.05, 3.63) is 23.8 Å². The molecule has 208 valence electrons. The number of nitrogens with two attached hydrogens (primary N) is 1. The molecular formula is C28H43NO8. The summed E-state index contributed by atoms with van der Waals surface area (Å²) in [6, 6.07) is 3.13. The third kappa shape index (κ3) is 8.84. The third-order valence-electron chi connectivity index (χ3n) is 6.18. The molecule has 1 rings (SSSR count). The summed E-state index contributed by atoms with van der Waals surface area (Å²) in [5, 5.41) is 9.70. The lowest BCUT2D eigenvalue weighted by Crippen LogP contribution is -2.41. The molecule has 3 N–H and O–H groups in total. The minimum Gasteiger partial charge on any atom is -0.480 e. The van der Waals surface area contributed by atoms with Crippen molar-refractivity contribution in [3.63, 3.8) is 0 Å². The van der Waals surface area contributed by atoms with Crippen molar-refractivity contribution >= 4 is 23.9 Å². The van der Waals surface area contributed by atoms with E-state index in [0.29, 0.717) is 12.0 Å². The van der Waals surface area contributed by atoms with Gasteiger partial charge in [0.15, 0.2) is 11.5 Å². The van der Waals surface area contributed by atoms with Crippen LogP contribution in [0.15, 0.2) is 18.2 Å². The topological polar surface area (TPSA) is 142 Å². The highest BCUT2D eigenvalue weighted by Gasteiger charge is 2.35. The van der Waals surface area contributed by atoms with Crippen molar-refractivity contribution in [2.75, 3.05) is 6.61 Å². The molecule has 0 aliphatic carbocycles. The zero-order valence-corrected chi connectivity index (χ0v) is 23.8. The average Bonchev–Trinajstić information content (AvgIpc) is 2.77. The SMILES string of the molecule is CCC(C)(C)C(=O)OCC(C)C(c1ccc(OC(=O)C(C)(C)C)c(OC(=O)C(C)(C)C)c1)[C@H](N)C(=O)O. The lowest BCUT2D eigenvalue weighted by molar-refractivity contribution is -0.155. The Bertz CT molecular complexity index is 1000. The van der Waals surface area contributed by atoms with Gasteiger partial charge in [0.05, 0.1) is 22.9 Å². The number of esters is 3. The minimum absolute atomic E-state index is 0.0210. The Labute approximate surface area is 220 Å². The molecule has 0 amide bonds. The number of ether oxygens (including phenoxy) is 3. The van der Waals surface area contributed by atoms with E-state index in [2.05, 4.69) is 0 Å². The van der Waals surface area contributed by atoms with Gasteiger partial charge in [-0.15, -0.1) is 0 Å². The largest absolute Gasteiger partial charge is 0.480 e. The maximum Gasteiger partial charge on any atom is 0.321 e. The Kier molecular flexibility index (Phi) is 10.5. The number of carboxylic acids is 1. The molecule has 0 spiro atoms. The lowest BCUT2D eigenvalue weighted by atomic mass is 9.81. The summed E-state index contributed by atoms with van der Waals surface area (Å²) in [4.78, 5) is 49.6. The summed E-state index contributed by atoms with van der Waals surface area (Å²) in [6.45, 7) is 17.2. The van der Waals surface area contributed by atoms with Crippen LogP contribution >= 0.6 is 0 Å². The first-order valence-corrected chi connectivity index (χ1v) is 12.5. The molecule has 37 heavy (non-hydrogen) atoms. The number of aliphatic carboxylic acids is 1. The summed E-state index contributed by atoms with van der Waals surface area (Å²) in [6.07, 6.45) is 0.579. The van der Waals surface area contributed by atoms with E-state index in [1.165, 1.54) is 12.1 Å². The van der Waals surface area contributed by atoms with Crippen LogP contribution in [0.2, 0.25) is 0 Å². The van der Waals surface area contributed by atoms with Gasteiger partial charge in [-0.05, 0) is 85.4 Å². The molecule has 0 fully saturated rings. The zero-order chi connectivity index (χ0) is 28.9. The standard InChI is InChI=1S/C28H43NO8/c1-11-28(9,10)25(34)35-15-16(2)20(21(29)22(30)31)17-12-13-18(36-23(32)26(3,4)5)19(14-17)37-24(33)27(6,7)8/h12-14,16,20-21H,11,15,29H2,1-10H3,(H,30,31)/t16?,20?,21-/m0/s1. The summed E-state index contributed by atoms with van der Waals surface area (Å²) in [7, 11) is 0. The molecule has 9 heteroatoms. The van der Waals surface area contributed by atoms with E-state index in [1.807, 2.05) is 6.92 Å². The molecule has 1 aromatic carbocycles. The van der Waals surface area contributed by atoms with Crippen LogP contribution in [-0.4, -0.2) is 41.6 Å². The van der Waals surface area contributed by atoms with Crippen molar-refractivity contribution in [1.82, 2.24) is 0 Å². The highest BCUT2D eigenvalue weighted by molar-refractivity contribution is 5.81. The summed E-state index contributed by atoms with van der Waals surface area (Å²) >= 11 is 0. The second-order valence-electron chi connectivity index (χ2n) is 12.2. The number of carbonyl (C=O) groups excluding carboxylic acids is 3. The smallest absolute Gasteiger partial charge is 0.321 e. The fraction of sp³-hybridized carbons (Fsp3) is 0.643. The molecule has 1 aromatic rings. The van der Waals surface area contributed by atoms with Gasteiger partial charge in [0.25, 0.3) is 0 Å². The van der Waals surface area contributed by atoms with Gasteiger partial charge in [0, 0.05) is 5.92 Å². The number of hydrogen-bond acceptors (Lipinski definition) is 8. The molecule has 0 aliphatic rings. The van der Waals surface area contributed by atoms with Crippen LogP contribution in [0.3, 0.4) is 0 Å². The summed E-state index contributed by atoms with van der Waals surface area (Å²) in [5.74, 6) is -4.07. The van der Waals surface area contributed by atoms with Crippen molar-refractivity contribution in [2.45, 2.75) is 87.6 Å². The Hall–Kier alpha value is -2.94. The predicted molar refractivity (Wildman–Crippen MR) is 139 cm³/mol. The van der Waals surface area contributed by atoms with E-state index in [4.69, 9.17) is 19.9 Å². The van der Waals surface area contributed by atoms with Crippen molar-refractivity contribution < 1.29 is 38.5 Å². The molecule has 0 heterocycles. The normalized spacial score (nSPS) is 14.8. The van der Waals surface area contributed by atoms with Crippen molar-refractivity contribution in [2.24, 2.45) is 27.9 Å². The van der Waals surface area contributed by atoms with Crippen molar-refractivity contribution in [3.8, 4) is 11.5 Å². The highest BCUT2D eigenvalue weighted by Crippen LogP contribution is 2.37. The maximum absolute atomic E-state index is 12.7. The van der Waals surface area contributed by atoms with E-state index in [9.17, 15) is 24.3 Å². The van der Waals surface area contributed by atoms with Crippen LogP contribution in [0.1, 0.15) is 87.1 Å².